The van der Waals surface area contributed by atoms with Crippen LogP contribution in [-0.4, -0.2) is 21.2 Å². The number of benzene rings is 2. The number of carbonyl (C=O) groups is 1. The Balaban J connectivity index is 1.52. The first-order valence-corrected chi connectivity index (χ1v) is 13.9. The van der Waals surface area contributed by atoms with E-state index < -0.39 is 0 Å². The fourth-order valence-electron chi connectivity index (χ4n) is 4.71. The molecular formula is C28H29N3O2S2. The number of fused-ring (bicyclic) bond motifs is 3. The summed E-state index contributed by atoms with van der Waals surface area (Å²) in [7, 11) is 0. The maximum Gasteiger partial charge on any atom is 0.267 e. The minimum absolute atomic E-state index is 0.0339. The van der Waals surface area contributed by atoms with Gasteiger partial charge in [0.05, 0.1) is 16.8 Å². The van der Waals surface area contributed by atoms with Crippen molar-refractivity contribution in [2.24, 2.45) is 0 Å². The minimum atomic E-state index is -0.103. The molecule has 7 heteroatoms. The van der Waals surface area contributed by atoms with Crippen molar-refractivity contribution in [1.29, 1.82) is 0 Å². The molecule has 35 heavy (non-hydrogen) atoms. The van der Waals surface area contributed by atoms with Crippen LogP contribution >= 0.6 is 23.1 Å². The summed E-state index contributed by atoms with van der Waals surface area (Å²) in [6.07, 6.45) is 5.07. The Morgan fingerprint density at radius 2 is 1.89 bits per heavy atom. The number of para-hydroxylation sites is 1. The average molecular weight is 504 g/mol. The van der Waals surface area contributed by atoms with Crippen molar-refractivity contribution >= 4 is 44.9 Å². The van der Waals surface area contributed by atoms with Crippen molar-refractivity contribution in [3.63, 3.8) is 0 Å². The number of thiophene rings is 1. The fourth-order valence-corrected chi connectivity index (χ4v) is 6.83. The molecule has 5 rings (SSSR count). The molecule has 180 valence electrons. The molecule has 1 aliphatic rings. The third-order valence-electron chi connectivity index (χ3n) is 6.59. The number of aromatic nitrogens is 2. The van der Waals surface area contributed by atoms with E-state index in [2.05, 4.69) is 12.2 Å². The Kier molecular flexibility index (Phi) is 6.80. The predicted octanol–water partition coefficient (Wildman–Crippen LogP) is 6.24. The number of amides is 1. The van der Waals surface area contributed by atoms with E-state index in [1.165, 1.54) is 22.2 Å². The van der Waals surface area contributed by atoms with Crippen molar-refractivity contribution in [2.45, 2.75) is 58.0 Å². The minimum Gasteiger partial charge on any atom is -0.325 e. The zero-order valence-electron chi connectivity index (χ0n) is 20.3. The summed E-state index contributed by atoms with van der Waals surface area (Å²) in [6, 6.07) is 14.0. The van der Waals surface area contributed by atoms with Gasteiger partial charge in [0.1, 0.15) is 4.83 Å². The van der Waals surface area contributed by atoms with E-state index in [1.54, 1.807) is 15.9 Å². The van der Waals surface area contributed by atoms with Gasteiger partial charge in [0.2, 0.25) is 5.91 Å². The van der Waals surface area contributed by atoms with Crippen LogP contribution in [0.3, 0.4) is 0 Å². The maximum absolute atomic E-state index is 13.8. The molecule has 0 aliphatic heterocycles. The quantitative estimate of drug-likeness (QED) is 0.250. The highest BCUT2D eigenvalue weighted by Crippen LogP contribution is 2.35. The van der Waals surface area contributed by atoms with Crippen molar-refractivity contribution in [3.8, 4) is 5.69 Å². The molecule has 0 spiro atoms. The molecule has 2 aromatic heterocycles. The van der Waals surface area contributed by atoms with Gasteiger partial charge in [-0.3, -0.25) is 14.2 Å². The zero-order chi connectivity index (χ0) is 24.5. The van der Waals surface area contributed by atoms with Gasteiger partial charge < -0.3 is 5.32 Å². The maximum atomic E-state index is 13.8. The number of hydrogen-bond acceptors (Lipinski definition) is 5. The van der Waals surface area contributed by atoms with Crippen molar-refractivity contribution in [3.05, 3.63) is 79.9 Å². The third kappa shape index (κ3) is 4.67. The largest absolute Gasteiger partial charge is 0.325 e. The Morgan fingerprint density at radius 1 is 1.11 bits per heavy atom. The van der Waals surface area contributed by atoms with Crippen LogP contribution in [0.25, 0.3) is 15.9 Å². The molecule has 0 radical (unpaired) electrons. The molecule has 1 N–H and O–H groups in total. The summed E-state index contributed by atoms with van der Waals surface area (Å²) in [4.78, 5) is 33.8. The van der Waals surface area contributed by atoms with E-state index in [4.69, 9.17) is 4.98 Å². The van der Waals surface area contributed by atoms with E-state index >= 15 is 0 Å². The van der Waals surface area contributed by atoms with Gasteiger partial charge in [0.15, 0.2) is 5.16 Å². The van der Waals surface area contributed by atoms with E-state index in [1.807, 2.05) is 56.3 Å². The number of thioether (sulfide) groups is 1. The first-order chi connectivity index (χ1) is 17.0. The molecule has 2 heterocycles. The normalized spacial score (nSPS) is 13.1. The van der Waals surface area contributed by atoms with Gasteiger partial charge in [0.25, 0.3) is 5.56 Å². The Bertz CT molecular complexity index is 1470. The summed E-state index contributed by atoms with van der Waals surface area (Å²) in [5, 5.41) is 4.40. The smallest absolute Gasteiger partial charge is 0.267 e. The monoisotopic (exact) mass is 503 g/mol. The standard InChI is InChI=1S/C28H29N3O2S2/c1-4-19-9-7-8-18(3)25(19)29-23(32)16-34-28-30-26-24(21-10-5-6-11-22(21)35-26)27(33)31(28)20-14-12-17(2)13-15-20/h7-9,12-15H,4-6,10-11,16H2,1-3H3,(H,29,32). The number of rotatable bonds is 6. The van der Waals surface area contributed by atoms with Gasteiger partial charge >= 0.3 is 0 Å². The van der Waals surface area contributed by atoms with Crippen LogP contribution in [0.1, 0.15) is 46.9 Å². The summed E-state index contributed by atoms with van der Waals surface area (Å²) in [6.45, 7) is 6.11. The van der Waals surface area contributed by atoms with E-state index in [0.29, 0.717) is 5.16 Å². The number of nitrogens with zero attached hydrogens (tertiary/aromatic N) is 2. The SMILES string of the molecule is CCc1cccc(C)c1NC(=O)CSc1nc2sc3c(c2c(=O)n1-c1ccc(C)cc1)CCCC3. The fraction of sp³-hybridized carbons (Fsp3) is 0.321. The highest BCUT2D eigenvalue weighted by molar-refractivity contribution is 7.99. The molecule has 0 fully saturated rings. The van der Waals surface area contributed by atoms with E-state index in [9.17, 15) is 9.59 Å². The van der Waals surface area contributed by atoms with Crippen LogP contribution in [0, 0.1) is 13.8 Å². The van der Waals surface area contributed by atoms with Crippen LogP contribution < -0.4 is 10.9 Å². The second-order valence-corrected chi connectivity index (χ2v) is 11.1. The molecule has 2 aromatic carbocycles. The van der Waals surface area contributed by atoms with Gasteiger partial charge in [-0.15, -0.1) is 11.3 Å². The predicted molar refractivity (Wildman–Crippen MR) is 147 cm³/mol. The van der Waals surface area contributed by atoms with E-state index in [-0.39, 0.29) is 17.2 Å². The van der Waals surface area contributed by atoms with Gasteiger partial charge in [-0.1, -0.05) is 54.6 Å². The molecule has 5 nitrogen and oxygen atoms in total. The number of aryl methyl sites for hydroxylation is 5. The lowest BCUT2D eigenvalue weighted by Crippen LogP contribution is -2.23. The lowest BCUT2D eigenvalue weighted by Gasteiger charge is -2.15. The summed E-state index contributed by atoms with van der Waals surface area (Å²) in [5.41, 5.74) is 6.09. The Morgan fingerprint density at radius 3 is 2.66 bits per heavy atom. The van der Waals surface area contributed by atoms with Crippen LogP contribution in [0.5, 0.6) is 0 Å². The topological polar surface area (TPSA) is 64.0 Å². The van der Waals surface area contributed by atoms with Crippen LogP contribution in [0.15, 0.2) is 52.4 Å². The van der Waals surface area contributed by atoms with Gasteiger partial charge in [-0.2, -0.15) is 0 Å². The average Bonchev–Trinajstić information content (AvgIpc) is 3.23. The molecule has 0 bridgehead atoms. The Hall–Kier alpha value is -2.90. The molecule has 0 saturated heterocycles. The number of carbonyl (C=O) groups excluding carboxylic acids is 1. The molecule has 4 aromatic rings. The second kappa shape index (κ2) is 9.99. The molecule has 0 unspecified atom stereocenters. The Labute approximate surface area is 213 Å². The zero-order valence-corrected chi connectivity index (χ0v) is 21.9. The van der Waals surface area contributed by atoms with Gasteiger partial charge in [-0.05, 0) is 74.8 Å². The number of anilines is 1. The molecular weight excluding hydrogens is 474 g/mol. The van der Waals surface area contributed by atoms with Crippen molar-refractivity contribution < 1.29 is 4.79 Å². The molecule has 0 saturated carbocycles. The lowest BCUT2D eigenvalue weighted by atomic mass is 9.97. The van der Waals surface area contributed by atoms with Gasteiger partial charge in [-0.25, -0.2) is 4.98 Å². The van der Waals surface area contributed by atoms with Crippen molar-refractivity contribution in [1.82, 2.24) is 9.55 Å². The molecule has 1 amide bonds. The van der Waals surface area contributed by atoms with E-state index in [0.717, 1.165) is 70.4 Å². The molecule has 0 atom stereocenters. The summed E-state index contributed by atoms with van der Waals surface area (Å²) in [5.74, 6) is 0.0705. The second-order valence-electron chi connectivity index (χ2n) is 9.06. The summed E-state index contributed by atoms with van der Waals surface area (Å²) < 4.78 is 1.69. The number of nitrogens with one attached hydrogen (secondary N) is 1. The highest BCUT2D eigenvalue weighted by atomic mass is 32.2. The number of hydrogen-bond donors (Lipinski definition) is 1. The lowest BCUT2D eigenvalue weighted by molar-refractivity contribution is -0.113. The first kappa shape index (κ1) is 23.8. The highest BCUT2D eigenvalue weighted by Gasteiger charge is 2.23. The van der Waals surface area contributed by atoms with Crippen LogP contribution in [0.4, 0.5) is 5.69 Å². The molecule has 1 aliphatic carbocycles. The van der Waals surface area contributed by atoms with Crippen LogP contribution in [-0.2, 0) is 24.1 Å². The van der Waals surface area contributed by atoms with Crippen LogP contribution in [0.2, 0.25) is 0 Å². The van der Waals surface area contributed by atoms with Crippen molar-refractivity contribution in [2.75, 3.05) is 11.1 Å². The third-order valence-corrected chi connectivity index (χ3v) is 8.71. The first-order valence-electron chi connectivity index (χ1n) is 12.1. The summed E-state index contributed by atoms with van der Waals surface area (Å²) >= 11 is 2.95. The van der Waals surface area contributed by atoms with Gasteiger partial charge in [0, 0.05) is 10.6 Å².